The molecule has 3 N–H and O–H groups in total. The van der Waals surface area contributed by atoms with Gasteiger partial charge in [0.05, 0.1) is 11.8 Å². The zero-order chi connectivity index (χ0) is 18.8. The van der Waals surface area contributed by atoms with Gasteiger partial charge in [0.25, 0.3) is 0 Å². The van der Waals surface area contributed by atoms with E-state index in [1.807, 2.05) is 0 Å². The second-order valence-corrected chi connectivity index (χ2v) is 6.58. The number of fused-ring (bicyclic) bond motifs is 1. The molecule has 2 aromatic heterocycles. The topological polar surface area (TPSA) is 111 Å². The van der Waals surface area contributed by atoms with E-state index in [0.29, 0.717) is 16.6 Å². The average molecular weight is 365 g/mol. The third kappa shape index (κ3) is 3.46. The molecule has 0 atom stereocenters. The third-order valence-electron chi connectivity index (χ3n) is 4.92. The highest BCUT2D eigenvalue weighted by atomic mass is 16.4. The van der Waals surface area contributed by atoms with Gasteiger partial charge in [0.15, 0.2) is 0 Å². The number of rotatable bonds is 4. The molecule has 0 bridgehead atoms. The smallest absolute Gasteiger partial charge is 0.337 e. The number of hydrogen-bond acceptors (Lipinski definition) is 5. The van der Waals surface area contributed by atoms with E-state index < -0.39 is 5.97 Å². The van der Waals surface area contributed by atoms with Gasteiger partial charge in [-0.1, -0.05) is 0 Å². The van der Waals surface area contributed by atoms with Crippen LogP contribution >= 0.6 is 0 Å². The number of amides is 1. The Labute approximate surface area is 155 Å². The average Bonchev–Trinajstić information content (AvgIpc) is 3.12. The Morgan fingerprint density at radius 3 is 2.74 bits per heavy atom. The highest BCUT2D eigenvalue weighted by Crippen LogP contribution is 2.25. The van der Waals surface area contributed by atoms with Crippen molar-refractivity contribution in [3.63, 3.8) is 0 Å². The number of anilines is 2. The summed E-state index contributed by atoms with van der Waals surface area (Å²) in [5.41, 5.74) is 1.56. The Hall–Kier alpha value is -3.42. The van der Waals surface area contributed by atoms with Gasteiger partial charge in [-0.3, -0.25) is 9.78 Å². The first-order valence-corrected chi connectivity index (χ1v) is 8.78. The van der Waals surface area contributed by atoms with Gasteiger partial charge >= 0.3 is 5.97 Å². The molecule has 1 fully saturated rings. The largest absolute Gasteiger partial charge is 0.478 e. The fourth-order valence-electron chi connectivity index (χ4n) is 3.45. The van der Waals surface area contributed by atoms with Crippen LogP contribution in [0.3, 0.4) is 0 Å². The van der Waals surface area contributed by atoms with E-state index in [1.54, 1.807) is 36.8 Å². The lowest BCUT2D eigenvalue weighted by atomic mass is 9.96. The number of nitrogens with one attached hydrogen (secondary N) is 2. The first kappa shape index (κ1) is 17.0. The Balaban J connectivity index is 1.40. The van der Waals surface area contributed by atoms with Crippen molar-refractivity contribution in [1.82, 2.24) is 15.0 Å². The van der Waals surface area contributed by atoms with Crippen LogP contribution in [-0.4, -0.2) is 45.0 Å². The second kappa shape index (κ2) is 7.06. The molecule has 1 amide bonds. The molecule has 0 unspecified atom stereocenters. The maximum atomic E-state index is 12.6. The molecular weight excluding hydrogens is 346 g/mol. The molecule has 3 heterocycles. The lowest BCUT2D eigenvalue weighted by molar-refractivity contribution is -0.120. The van der Waals surface area contributed by atoms with E-state index in [1.165, 1.54) is 6.20 Å². The fourth-order valence-corrected chi connectivity index (χ4v) is 3.45. The highest BCUT2D eigenvalue weighted by molar-refractivity contribution is 6.04. The molecule has 27 heavy (non-hydrogen) atoms. The lowest BCUT2D eigenvalue weighted by Gasteiger charge is -2.31. The van der Waals surface area contributed by atoms with Gasteiger partial charge in [0.1, 0.15) is 5.82 Å². The summed E-state index contributed by atoms with van der Waals surface area (Å²) in [7, 11) is 0. The standard InChI is InChI=1S/C19H19N5O3/c25-18(12-3-7-24(8-4-12)17-11-20-5-6-21-17)23-13-1-2-14-15(19(26)27)10-22-16(14)9-13/h1-2,5-6,9-12,22H,3-4,7-8H2,(H,23,25)(H,26,27). The SMILES string of the molecule is O=C(O)c1c[nH]c2cc(NC(=O)C3CCN(c4cnccn4)CC3)ccc12. The number of H-pyrrole nitrogens is 1. The van der Waals surface area contributed by atoms with Crippen LogP contribution in [0.2, 0.25) is 0 Å². The molecule has 8 nitrogen and oxygen atoms in total. The number of aromatic carboxylic acids is 1. The van der Waals surface area contributed by atoms with Crippen LogP contribution in [0.15, 0.2) is 43.0 Å². The van der Waals surface area contributed by atoms with Crippen LogP contribution in [-0.2, 0) is 4.79 Å². The minimum absolute atomic E-state index is 0.0156. The van der Waals surface area contributed by atoms with Crippen molar-refractivity contribution in [2.24, 2.45) is 5.92 Å². The van der Waals surface area contributed by atoms with Crippen LogP contribution in [0.4, 0.5) is 11.5 Å². The maximum absolute atomic E-state index is 12.6. The fraction of sp³-hybridized carbons (Fsp3) is 0.263. The number of carboxylic acids is 1. The van der Waals surface area contributed by atoms with Crippen LogP contribution < -0.4 is 10.2 Å². The van der Waals surface area contributed by atoms with Gasteiger partial charge in [-0.05, 0) is 31.0 Å². The minimum Gasteiger partial charge on any atom is -0.478 e. The van der Waals surface area contributed by atoms with Gasteiger partial charge in [-0.15, -0.1) is 0 Å². The van der Waals surface area contributed by atoms with Gasteiger partial charge < -0.3 is 20.3 Å². The van der Waals surface area contributed by atoms with E-state index in [4.69, 9.17) is 5.11 Å². The summed E-state index contributed by atoms with van der Waals surface area (Å²) in [5.74, 6) is -0.222. The first-order valence-electron chi connectivity index (χ1n) is 8.78. The van der Waals surface area contributed by atoms with E-state index in [2.05, 4.69) is 25.2 Å². The summed E-state index contributed by atoms with van der Waals surface area (Å²) in [6.07, 6.45) is 8.00. The van der Waals surface area contributed by atoms with Gasteiger partial charge in [-0.2, -0.15) is 0 Å². The Bertz CT molecular complexity index is 977. The molecular formula is C19H19N5O3. The predicted octanol–water partition coefficient (Wildman–Crippen LogP) is 2.51. The van der Waals surface area contributed by atoms with Crippen molar-refractivity contribution in [2.45, 2.75) is 12.8 Å². The summed E-state index contributed by atoms with van der Waals surface area (Å²) < 4.78 is 0. The molecule has 1 aliphatic heterocycles. The summed E-state index contributed by atoms with van der Waals surface area (Å²) in [6, 6.07) is 5.20. The molecule has 1 aliphatic rings. The second-order valence-electron chi connectivity index (χ2n) is 6.58. The number of carboxylic acid groups (broad SMARTS) is 1. The molecule has 0 aliphatic carbocycles. The van der Waals surface area contributed by atoms with Gasteiger partial charge in [0.2, 0.25) is 5.91 Å². The number of aromatic amines is 1. The predicted molar refractivity (Wildman–Crippen MR) is 101 cm³/mol. The zero-order valence-corrected chi connectivity index (χ0v) is 14.6. The van der Waals surface area contributed by atoms with E-state index in [0.717, 1.165) is 31.7 Å². The van der Waals surface area contributed by atoms with Crippen LogP contribution in [0.5, 0.6) is 0 Å². The van der Waals surface area contributed by atoms with Crippen LogP contribution in [0.1, 0.15) is 23.2 Å². The molecule has 8 heteroatoms. The number of carbonyl (C=O) groups excluding carboxylic acids is 1. The van der Waals surface area contributed by atoms with Crippen LogP contribution in [0, 0.1) is 5.92 Å². The van der Waals surface area contributed by atoms with Gasteiger partial charge in [-0.25, -0.2) is 9.78 Å². The number of nitrogens with zero attached hydrogens (tertiary/aromatic N) is 3. The molecule has 0 saturated carbocycles. The van der Waals surface area contributed by atoms with E-state index in [9.17, 15) is 9.59 Å². The third-order valence-corrected chi connectivity index (χ3v) is 4.92. The van der Waals surface area contributed by atoms with Gasteiger partial charge in [0, 0.05) is 54.2 Å². The minimum atomic E-state index is -0.979. The monoisotopic (exact) mass is 365 g/mol. The Morgan fingerprint density at radius 1 is 1.22 bits per heavy atom. The molecule has 1 saturated heterocycles. The molecule has 138 valence electrons. The van der Waals surface area contributed by atoms with E-state index >= 15 is 0 Å². The van der Waals surface area contributed by atoms with Crippen molar-refractivity contribution in [3.8, 4) is 0 Å². The maximum Gasteiger partial charge on any atom is 0.337 e. The number of piperidine rings is 1. The number of hydrogen-bond donors (Lipinski definition) is 3. The number of carbonyl (C=O) groups is 2. The normalized spacial score (nSPS) is 15.0. The van der Waals surface area contributed by atoms with Crippen molar-refractivity contribution >= 4 is 34.3 Å². The quantitative estimate of drug-likeness (QED) is 0.655. The molecule has 3 aromatic rings. The summed E-state index contributed by atoms with van der Waals surface area (Å²) in [6.45, 7) is 1.52. The van der Waals surface area contributed by atoms with Crippen molar-refractivity contribution in [1.29, 1.82) is 0 Å². The molecule has 4 rings (SSSR count). The lowest BCUT2D eigenvalue weighted by Crippen LogP contribution is -2.38. The van der Waals surface area contributed by atoms with Crippen molar-refractivity contribution in [3.05, 3.63) is 48.5 Å². The number of aromatic nitrogens is 3. The van der Waals surface area contributed by atoms with Crippen molar-refractivity contribution in [2.75, 3.05) is 23.3 Å². The number of benzene rings is 1. The molecule has 1 aromatic carbocycles. The van der Waals surface area contributed by atoms with E-state index in [-0.39, 0.29) is 17.4 Å². The first-order chi connectivity index (χ1) is 13.1. The summed E-state index contributed by atoms with van der Waals surface area (Å²) in [4.78, 5) is 37.2. The molecule has 0 spiro atoms. The zero-order valence-electron chi connectivity index (χ0n) is 14.6. The Morgan fingerprint density at radius 2 is 2.04 bits per heavy atom. The highest BCUT2D eigenvalue weighted by Gasteiger charge is 2.26. The summed E-state index contributed by atoms with van der Waals surface area (Å²) in [5, 5.41) is 12.7. The molecule has 0 radical (unpaired) electrons. The van der Waals surface area contributed by atoms with Crippen LogP contribution in [0.25, 0.3) is 10.9 Å². The summed E-state index contributed by atoms with van der Waals surface area (Å²) >= 11 is 0. The van der Waals surface area contributed by atoms with Crippen molar-refractivity contribution < 1.29 is 14.7 Å². The Kier molecular flexibility index (Phi) is 4.45.